The number of carbonyl (C=O) groups excluding carboxylic acids is 1. The molecule has 124 valence electrons. The first-order valence-corrected chi connectivity index (χ1v) is 8.49. The average molecular weight is 335 g/mol. The van der Waals surface area contributed by atoms with Crippen LogP contribution in [0, 0.1) is 6.92 Å². The number of amides is 1. The molecule has 0 unspecified atom stereocenters. The summed E-state index contributed by atoms with van der Waals surface area (Å²) in [5, 5.41) is 7.07. The Kier molecular flexibility index (Phi) is 5.37. The van der Waals surface area contributed by atoms with Crippen molar-refractivity contribution in [1.82, 2.24) is 25.0 Å². The van der Waals surface area contributed by atoms with Gasteiger partial charge in [-0.1, -0.05) is 0 Å². The van der Waals surface area contributed by atoms with Gasteiger partial charge >= 0.3 is 0 Å². The van der Waals surface area contributed by atoms with Gasteiger partial charge in [0, 0.05) is 22.8 Å². The maximum absolute atomic E-state index is 12.1. The maximum atomic E-state index is 12.1. The first-order chi connectivity index (χ1) is 11.2. The zero-order valence-corrected chi connectivity index (χ0v) is 14.0. The summed E-state index contributed by atoms with van der Waals surface area (Å²) >= 11 is 1.71. The van der Waals surface area contributed by atoms with Crippen LogP contribution >= 0.6 is 11.3 Å². The van der Waals surface area contributed by atoms with Gasteiger partial charge in [0.05, 0.1) is 32.3 Å². The van der Waals surface area contributed by atoms with E-state index < -0.39 is 0 Å². The van der Waals surface area contributed by atoms with Gasteiger partial charge in [-0.3, -0.25) is 14.4 Å². The standard InChI is InChI=1S/C15H21N5O2S/c1-12-2-3-14(23-12)6-17-15(21)9-19-4-5-22-13(7-19)8-20-11-16-10-18-20/h2-3,10-11,13H,4-9H2,1H3,(H,17,21)/t13-/m0/s1. The Labute approximate surface area is 139 Å². The van der Waals surface area contributed by atoms with E-state index in [1.54, 1.807) is 22.3 Å². The van der Waals surface area contributed by atoms with Gasteiger partial charge in [-0.15, -0.1) is 11.3 Å². The van der Waals surface area contributed by atoms with Gasteiger partial charge in [-0.05, 0) is 19.1 Å². The Morgan fingerprint density at radius 2 is 2.43 bits per heavy atom. The quantitative estimate of drug-likeness (QED) is 0.840. The van der Waals surface area contributed by atoms with Gasteiger partial charge in [0.15, 0.2) is 0 Å². The van der Waals surface area contributed by atoms with Crippen LogP contribution < -0.4 is 5.32 Å². The van der Waals surface area contributed by atoms with Crippen LogP contribution in [0.25, 0.3) is 0 Å². The molecule has 3 heterocycles. The van der Waals surface area contributed by atoms with Crippen molar-refractivity contribution in [1.29, 1.82) is 0 Å². The molecule has 2 aromatic rings. The van der Waals surface area contributed by atoms with Crippen molar-refractivity contribution < 1.29 is 9.53 Å². The highest BCUT2D eigenvalue weighted by Gasteiger charge is 2.22. The summed E-state index contributed by atoms with van der Waals surface area (Å²) in [6, 6.07) is 4.13. The van der Waals surface area contributed by atoms with E-state index in [9.17, 15) is 4.79 Å². The Hall–Kier alpha value is -1.77. The number of nitrogens with zero attached hydrogens (tertiary/aromatic N) is 4. The van der Waals surface area contributed by atoms with Crippen LogP contribution in [0.5, 0.6) is 0 Å². The molecule has 0 aromatic carbocycles. The van der Waals surface area contributed by atoms with Gasteiger partial charge < -0.3 is 10.1 Å². The zero-order chi connectivity index (χ0) is 16.1. The first kappa shape index (κ1) is 16.1. The highest BCUT2D eigenvalue weighted by molar-refractivity contribution is 7.11. The fourth-order valence-electron chi connectivity index (χ4n) is 2.59. The van der Waals surface area contributed by atoms with Crippen LogP contribution in [0.4, 0.5) is 0 Å². The van der Waals surface area contributed by atoms with Crippen LogP contribution in [0.2, 0.25) is 0 Å². The molecule has 7 nitrogen and oxygen atoms in total. The molecule has 0 bridgehead atoms. The number of hydrogen-bond acceptors (Lipinski definition) is 6. The van der Waals surface area contributed by atoms with Crippen LogP contribution in [0.1, 0.15) is 9.75 Å². The number of thiophene rings is 1. The van der Waals surface area contributed by atoms with Crippen molar-refractivity contribution >= 4 is 17.2 Å². The maximum Gasteiger partial charge on any atom is 0.234 e. The van der Waals surface area contributed by atoms with Crippen LogP contribution in [0.15, 0.2) is 24.8 Å². The monoisotopic (exact) mass is 335 g/mol. The Balaban J connectivity index is 1.42. The minimum absolute atomic E-state index is 0.0400. The molecule has 2 aromatic heterocycles. The molecule has 1 N–H and O–H groups in total. The van der Waals surface area contributed by atoms with Crippen molar-refractivity contribution in [2.75, 3.05) is 26.2 Å². The Morgan fingerprint density at radius 3 is 3.17 bits per heavy atom. The second kappa shape index (κ2) is 7.67. The van der Waals surface area contributed by atoms with E-state index in [1.807, 2.05) is 0 Å². The van der Waals surface area contributed by atoms with Crippen LogP contribution in [0.3, 0.4) is 0 Å². The summed E-state index contributed by atoms with van der Waals surface area (Å²) < 4.78 is 7.49. The number of hydrogen-bond donors (Lipinski definition) is 1. The van der Waals surface area contributed by atoms with Crippen molar-refractivity contribution in [3.8, 4) is 0 Å². The lowest BCUT2D eigenvalue weighted by Gasteiger charge is -2.32. The molecule has 1 fully saturated rings. The lowest BCUT2D eigenvalue weighted by molar-refractivity contribution is -0.124. The predicted octanol–water partition coefficient (Wildman–Crippen LogP) is 0.665. The van der Waals surface area contributed by atoms with Crippen molar-refractivity contribution in [2.24, 2.45) is 0 Å². The van der Waals surface area contributed by atoms with Crippen LogP contribution in [-0.2, 0) is 22.6 Å². The lowest BCUT2D eigenvalue weighted by Crippen LogP contribution is -2.48. The summed E-state index contributed by atoms with van der Waals surface area (Å²) in [5.41, 5.74) is 0. The molecule has 0 radical (unpaired) electrons. The van der Waals surface area contributed by atoms with Gasteiger partial charge in [-0.2, -0.15) is 5.10 Å². The van der Waals surface area contributed by atoms with Crippen molar-refractivity contribution in [3.05, 3.63) is 34.5 Å². The van der Waals surface area contributed by atoms with E-state index >= 15 is 0 Å². The molecular weight excluding hydrogens is 314 g/mol. The normalized spacial score (nSPS) is 18.9. The molecular formula is C15H21N5O2S. The summed E-state index contributed by atoms with van der Waals surface area (Å²) in [5.74, 6) is 0.0532. The summed E-state index contributed by atoms with van der Waals surface area (Å²) in [6.45, 7) is 5.87. The molecule has 8 heteroatoms. The second-order valence-corrected chi connectivity index (χ2v) is 7.01. The van der Waals surface area contributed by atoms with Crippen molar-refractivity contribution in [2.45, 2.75) is 26.1 Å². The van der Waals surface area contributed by atoms with E-state index in [0.717, 1.165) is 13.1 Å². The number of aromatic nitrogens is 3. The highest BCUT2D eigenvalue weighted by atomic mass is 32.1. The summed E-state index contributed by atoms with van der Waals surface area (Å²) in [7, 11) is 0. The van der Waals surface area contributed by atoms with E-state index in [1.165, 1.54) is 16.1 Å². The van der Waals surface area contributed by atoms with Crippen LogP contribution in [-0.4, -0.2) is 57.9 Å². The Morgan fingerprint density at radius 1 is 1.52 bits per heavy atom. The molecule has 1 atom stereocenters. The number of carbonyl (C=O) groups is 1. The average Bonchev–Trinajstić information content (AvgIpc) is 3.17. The SMILES string of the molecule is Cc1ccc(CNC(=O)CN2CCO[C@H](Cn3cncn3)C2)s1. The number of aryl methyl sites for hydroxylation is 1. The molecule has 1 amide bonds. The van der Waals surface area contributed by atoms with Gasteiger partial charge in [0.25, 0.3) is 0 Å². The fraction of sp³-hybridized carbons (Fsp3) is 0.533. The third-order valence-corrected chi connectivity index (χ3v) is 4.70. The third-order valence-electron chi connectivity index (χ3n) is 3.70. The smallest absolute Gasteiger partial charge is 0.234 e. The second-order valence-electron chi connectivity index (χ2n) is 5.63. The molecule has 3 rings (SSSR count). The van der Waals surface area contributed by atoms with E-state index in [-0.39, 0.29) is 12.0 Å². The lowest BCUT2D eigenvalue weighted by atomic mass is 10.2. The fourth-order valence-corrected chi connectivity index (χ4v) is 3.43. The summed E-state index contributed by atoms with van der Waals surface area (Å²) in [4.78, 5) is 20.6. The molecule has 0 aliphatic carbocycles. The van der Waals surface area contributed by atoms with Gasteiger partial charge in [0.1, 0.15) is 12.7 Å². The minimum atomic E-state index is 0.0400. The predicted molar refractivity (Wildman–Crippen MR) is 87.1 cm³/mol. The highest BCUT2D eigenvalue weighted by Crippen LogP contribution is 2.14. The van der Waals surface area contributed by atoms with Gasteiger partial charge in [-0.25, -0.2) is 4.98 Å². The molecule has 23 heavy (non-hydrogen) atoms. The van der Waals surface area contributed by atoms with E-state index in [2.05, 4.69) is 39.4 Å². The number of ether oxygens (including phenoxy) is 1. The topological polar surface area (TPSA) is 72.3 Å². The molecule has 0 spiro atoms. The first-order valence-electron chi connectivity index (χ1n) is 7.67. The summed E-state index contributed by atoms with van der Waals surface area (Å²) in [6.07, 6.45) is 3.23. The van der Waals surface area contributed by atoms with E-state index in [4.69, 9.17) is 4.74 Å². The zero-order valence-electron chi connectivity index (χ0n) is 13.1. The molecule has 1 aliphatic heterocycles. The van der Waals surface area contributed by atoms with E-state index in [0.29, 0.717) is 26.2 Å². The number of rotatable bonds is 6. The molecule has 1 aliphatic rings. The Bertz CT molecular complexity index is 628. The van der Waals surface area contributed by atoms with Gasteiger partial charge in [0.2, 0.25) is 5.91 Å². The molecule has 0 saturated carbocycles. The van der Waals surface area contributed by atoms with Crippen molar-refractivity contribution in [3.63, 3.8) is 0 Å². The molecule has 1 saturated heterocycles. The number of nitrogens with one attached hydrogen (secondary N) is 1. The third kappa shape index (κ3) is 4.85. The number of morpholine rings is 1. The minimum Gasteiger partial charge on any atom is -0.374 e. The largest absolute Gasteiger partial charge is 0.374 e.